The summed E-state index contributed by atoms with van der Waals surface area (Å²) in [6, 6.07) is 5.99. The second-order valence-electron chi connectivity index (χ2n) is 4.43. The van der Waals surface area contributed by atoms with Crippen molar-refractivity contribution < 1.29 is 4.79 Å². The third-order valence-electron chi connectivity index (χ3n) is 3.22. The first-order valence-electron chi connectivity index (χ1n) is 6.42. The Hall–Kier alpha value is -1.51. The van der Waals surface area contributed by atoms with E-state index in [2.05, 4.69) is 12.2 Å². The largest absolute Gasteiger partial charge is 0.384 e. The van der Waals surface area contributed by atoms with Gasteiger partial charge < -0.3 is 10.2 Å². The number of nitrogens with one attached hydrogen (secondary N) is 1. The van der Waals surface area contributed by atoms with E-state index in [0.29, 0.717) is 0 Å². The average molecular weight is 232 g/mol. The normalized spacial score (nSPS) is 13.1. The zero-order valence-electron chi connectivity index (χ0n) is 10.6. The molecule has 1 amide bonds. The SMILES string of the molecule is CCCN(CC)C(=O)c1ccc2c(c1)CCN2. The molecule has 1 aromatic rings. The second-order valence-corrected chi connectivity index (χ2v) is 4.43. The van der Waals surface area contributed by atoms with Gasteiger partial charge in [0.2, 0.25) is 0 Å². The van der Waals surface area contributed by atoms with Crippen LogP contribution in [0.15, 0.2) is 18.2 Å². The van der Waals surface area contributed by atoms with Gasteiger partial charge in [0.1, 0.15) is 0 Å². The van der Waals surface area contributed by atoms with Gasteiger partial charge in [-0.05, 0) is 43.5 Å². The smallest absolute Gasteiger partial charge is 0.253 e. The Morgan fingerprint density at radius 3 is 2.94 bits per heavy atom. The van der Waals surface area contributed by atoms with Crippen LogP contribution < -0.4 is 5.32 Å². The predicted molar refractivity (Wildman–Crippen MR) is 70.5 cm³/mol. The van der Waals surface area contributed by atoms with E-state index in [9.17, 15) is 4.79 Å². The first-order valence-corrected chi connectivity index (χ1v) is 6.42. The molecule has 3 heteroatoms. The van der Waals surface area contributed by atoms with Crippen molar-refractivity contribution in [1.29, 1.82) is 0 Å². The maximum atomic E-state index is 12.3. The Bertz CT molecular complexity index is 415. The molecule has 0 aliphatic carbocycles. The number of fused-ring (bicyclic) bond motifs is 1. The Labute approximate surface area is 103 Å². The first kappa shape index (κ1) is 12.0. The lowest BCUT2D eigenvalue weighted by atomic mass is 10.1. The van der Waals surface area contributed by atoms with E-state index in [-0.39, 0.29) is 5.91 Å². The van der Waals surface area contributed by atoms with Gasteiger partial charge in [0, 0.05) is 30.9 Å². The molecule has 0 radical (unpaired) electrons. The van der Waals surface area contributed by atoms with Gasteiger partial charge in [0.25, 0.3) is 5.91 Å². The number of benzene rings is 1. The number of nitrogens with zero attached hydrogens (tertiary/aromatic N) is 1. The molecule has 1 aliphatic rings. The lowest BCUT2D eigenvalue weighted by Crippen LogP contribution is -2.31. The molecule has 1 aliphatic heterocycles. The third kappa shape index (κ3) is 2.43. The number of hydrogen-bond acceptors (Lipinski definition) is 2. The molecule has 0 aromatic heterocycles. The summed E-state index contributed by atoms with van der Waals surface area (Å²) in [5.41, 5.74) is 3.27. The molecule has 92 valence electrons. The monoisotopic (exact) mass is 232 g/mol. The van der Waals surface area contributed by atoms with Crippen LogP contribution >= 0.6 is 0 Å². The van der Waals surface area contributed by atoms with E-state index >= 15 is 0 Å². The average Bonchev–Trinajstić information content (AvgIpc) is 2.82. The molecule has 0 saturated heterocycles. The number of hydrogen-bond donors (Lipinski definition) is 1. The van der Waals surface area contributed by atoms with Gasteiger partial charge in [0.15, 0.2) is 0 Å². The fraction of sp³-hybridized carbons (Fsp3) is 0.500. The van der Waals surface area contributed by atoms with Crippen molar-refractivity contribution in [3.05, 3.63) is 29.3 Å². The van der Waals surface area contributed by atoms with Crippen molar-refractivity contribution >= 4 is 11.6 Å². The Kier molecular flexibility index (Phi) is 3.67. The maximum Gasteiger partial charge on any atom is 0.253 e. The number of rotatable bonds is 4. The lowest BCUT2D eigenvalue weighted by Gasteiger charge is -2.20. The molecule has 0 unspecified atom stereocenters. The van der Waals surface area contributed by atoms with Gasteiger partial charge in [0.05, 0.1) is 0 Å². The number of anilines is 1. The van der Waals surface area contributed by atoms with E-state index in [0.717, 1.165) is 38.0 Å². The molecule has 0 saturated carbocycles. The molecular formula is C14H20N2O. The minimum atomic E-state index is 0.157. The quantitative estimate of drug-likeness (QED) is 0.865. The summed E-state index contributed by atoms with van der Waals surface area (Å²) in [6.45, 7) is 6.73. The van der Waals surface area contributed by atoms with Gasteiger partial charge in [-0.25, -0.2) is 0 Å². The summed E-state index contributed by atoms with van der Waals surface area (Å²) in [5, 5.41) is 3.31. The minimum absolute atomic E-state index is 0.157. The van der Waals surface area contributed by atoms with Crippen LogP contribution in [0.5, 0.6) is 0 Å². The maximum absolute atomic E-state index is 12.3. The molecular weight excluding hydrogens is 212 g/mol. The van der Waals surface area contributed by atoms with E-state index in [1.165, 1.54) is 11.3 Å². The van der Waals surface area contributed by atoms with E-state index in [1.54, 1.807) is 0 Å². The van der Waals surface area contributed by atoms with Crippen LogP contribution in [0.4, 0.5) is 5.69 Å². The van der Waals surface area contributed by atoms with Crippen molar-refractivity contribution in [2.45, 2.75) is 26.7 Å². The van der Waals surface area contributed by atoms with Crippen LogP contribution in [-0.4, -0.2) is 30.4 Å². The summed E-state index contributed by atoms with van der Waals surface area (Å²) >= 11 is 0. The van der Waals surface area contributed by atoms with E-state index in [1.807, 2.05) is 30.0 Å². The van der Waals surface area contributed by atoms with E-state index in [4.69, 9.17) is 0 Å². The Morgan fingerprint density at radius 1 is 1.41 bits per heavy atom. The van der Waals surface area contributed by atoms with Gasteiger partial charge >= 0.3 is 0 Å². The molecule has 0 spiro atoms. The fourth-order valence-corrected chi connectivity index (χ4v) is 2.29. The minimum Gasteiger partial charge on any atom is -0.384 e. The van der Waals surface area contributed by atoms with Gasteiger partial charge in [-0.15, -0.1) is 0 Å². The van der Waals surface area contributed by atoms with Crippen molar-refractivity contribution in [3.63, 3.8) is 0 Å². The Balaban J connectivity index is 2.19. The molecule has 0 atom stereocenters. The van der Waals surface area contributed by atoms with Crippen LogP contribution in [0.3, 0.4) is 0 Å². The molecule has 2 rings (SSSR count). The van der Waals surface area contributed by atoms with Crippen LogP contribution in [0.1, 0.15) is 36.2 Å². The fourth-order valence-electron chi connectivity index (χ4n) is 2.29. The first-order chi connectivity index (χ1) is 8.26. The number of carbonyl (C=O) groups is 1. The Morgan fingerprint density at radius 2 is 2.24 bits per heavy atom. The van der Waals surface area contributed by atoms with Crippen LogP contribution in [-0.2, 0) is 6.42 Å². The molecule has 3 nitrogen and oxygen atoms in total. The summed E-state index contributed by atoms with van der Waals surface area (Å²) in [7, 11) is 0. The predicted octanol–water partition coefficient (Wildman–Crippen LogP) is 2.53. The lowest BCUT2D eigenvalue weighted by molar-refractivity contribution is 0.0764. The van der Waals surface area contributed by atoms with Gasteiger partial charge in [-0.2, -0.15) is 0 Å². The third-order valence-corrected chi connectivity index (χ3v) is 3.22. The summed E-state index contributed by atoms with van der Waals surface area (Å²) in [6.07, 6.45) is 2.03. The second kappa shape index (κ2) is 5.21. The summed E-state index contributed by atoms with van der Waals surface area (Å²) < 4.78 is 0. The molecule has 1 aromatic carbocycles. The van der Waals surface area contributed by atoms with E-state index < -0.39 is 0 Å². The molecule has 1 N–H and O–H groups in total. The zero-order valence-corrected chi connectivity index (χ0v) is 10.6. The molecule has 17 heavy (non-hydrogen) atoms. The number of amides is 1. The highest BCUT2D eigenvalue weighted by molar-refractivity contribution is 5.95. The van der Waals surface area contributed by atoms with Crippen LogP contribution in [0.2, 0.25) is 0 Å². The molecule has 0 fully saturated rings. The summed E-state index contributed by atoms with van der Waals surface area (Å²) in [5.74, 6) is 0.157. The standard InChI is InChI=1S/C14H20N2O/c1-3-9-16(4-2)14(17)12-5-6-13-11(10-12)7-8-15-13/h5-6,10,15H,3-4,7-9H2,1-2H3. The van der Waals surface area contributed by atoms with Crippen molar-refractivity contribution in [2.24, 2.45) is 0 Å². The molecule has 1 heterocycles. The van der Waals surface area contributed by atoms with Crippen molar-refractivity contribution in [2.75, 3.05) is 25.0 Å². The topological polar surface area (TPSA) is 32.3 Å². The highest BCUT2D eigenvalue weighted by Crippen LogP contribution is 2.23. The highest BCUT2D eigenvalue weighted by Gasteiger charge is 2.16. The van der Waals surface area contributed by atoms with Crippen LogP contribution in [0.25, 0.3) is 0 Å². The van der Waals surface area contributed by atoms with Gasteiger partial charge in [-0.1, -0.05) is 6.92 Å². The zero-order chi connectivity index (χ0) is 12.3. The van der Waals surface area contributed by atoms with Crippen molar-refractivity contribution in [3.8, 4) is 0 Å². The van der Waals surface area contributed by atoms with Crippen molar-refractivity contribution in [1.82, 2.24) is 4.90 Å². The molecule has 0 bridgehead atoms. The number of carbonyl (C=O) groups excluding carboxylic acids is 1. The van der Waals surface area contributed by atoms with Crippen LogP contribution in [0, 0.1) is 0 Å². The van der Waals surface area contributed by atoms with Gasteiger partial charge in [-0.3, -0.25) is 4.79 Å². The summed E-state index contributed by atoms with van der Waals surface area (Å²) in [4.78, 5) is 14.2. The highest BCUT2D eigenvalue weighted by atomic mass is 16.2.